The minimum atomic E-state index is 0.154. The van der Waals surface area contributed by atoms with Crippen LogP contribution >= 0.6 is 0 Å². The van der Waals surface area contributed by atoms with Crippen molar-refractivity contribution in [2.24, 2.45) is 0 Å². The van der Waals surface area contributed by atoms with Gasteiger partial charge in [0.15, 0.2) is 0 Å². The van der Waals surface area contributed by atoms with Crippen molar-refractivity contribution in [3.8, 4) is 0 Å². The fourth-order valence-electron chi connectivity index (χ4n) is 1.97. The van der Waals surface area contributed by atoms with E-state index in [-0.39, 0.29) is 6.61 Å². The molecule has 0 spiro atoms. The molecule has 0 saturated heterocycles. The van der Waals surface area contributed by atoms with Crippen LogP contribution in [-0.4, -0.2) is 11.7 Å². The second-order valence-electron chi connectivity index (χ2n) is 4.48. The number of aliphatic hydroxyl groups is 1. The summed E-state index contributed by atoms with van der Waals surface area (Å²) in [5.74, 6) is 1.07. The Morgan fingerprint density at radius 1 is 1.00 bits per heavy atom. The Labute approximate surface area is 99.5 Å². The van der Waals surface area contributed by atoms with Crippen molar-refractivity contribution in [3.05, 3.63) is 40.8 Å². The monoisotopic (exact) mass is 219 g/mol. The van der Waals surface area contributed by atoms with Crippen molar-refractivity contribution in [3.63, 3.8) is 0 Å². The van der Waals surface area contributed by atoms with E-state index in [1.807, 2.05) is 6.92 Å². The quantitative estimate of drug-likeness (QED) is 0.776. The highest BCUT2D eigenvalue weighted by Crippen LogP contribution is 2.20. The maximum absolute atomic E-state index is 9.19. The second-order valence-corrected chi connectivity index (χ2v) is 4.48. The predicted octanol–water partition coefficient (Wildman–Crippen LogP) is 3.53. The third kappa shape index (κ3) is 3.64. The molecule has 0 saturated carbocycles. The summed E-state index contributed by atoms with van der Waals surface area (Å²) in [7, 11) is 0. The molecular weight excluding hydrogens is 196 g/mol. The third-order valence-electron chi connectivity index (χ3n) is 2.86. The molecule has 89 valence electrons. The van der Waals surface area contributed by atoms with Gasteiger partial charge in [-0.05, 0) is 29.5 Å². The van der Waals surface area contributed by atoms with Gasteiger partial charge in [0.2, 0.25) is 0 Å². The molecule has 0 bridgehead atoms. The highest BCUT2D eigenvalue weighted by Gasteiger charge is 2.07. The first-order valence-electron chi connectivity index (χ1n) is 6.27. The lowest BCUT2D eigenvalue weighted by Gasteiger charge is -2.12. The molecule has 0 aliphatic heterocycles. The van der Waals surface area contributed by atoms with E-state index < -0.39 is 0 Å². The average Bonchev–Trinajstić information content (AvgIpc) is 2.28. The van der Waals surface area contributed by atoms with Gasteiger partial charge in [0.1, 0.15) is 0 Å². The molecule has 0 aliphatic carbocycles. The Morgan fingerprint density at radius 2 is 1.50 bits per heavy atom. The van der Waals surface area contributed by atoms with E-state index in [4.69, 9.17) is 0 Å². The summed E-state index contributed by atoms with van der Waals surface area (Å²) in [5, 5.41) is 9.19. The molecule has 1 radical (unpaired) electrons. The summed E-state index contributed by atoms with van der Waals surface area (Å²) in [6.07, 6.45) is 4.60. The lowest BCUT2D eigenvalue weighted by Crippen LogP contribution is -2.02. The highest BCUT2D eigenvalue weighted by molar-refractivity contribution is 5.38. The first-order valence-corrected chi connectivity index (χ1v) is 6.27. The van der Waals surface area contributed by atoms with Crippen LogP contribution in [0.3, 0.4) is 0 Å². The number of aryl methyl sites for hydroxylation is 2. The Bertz CT molecular complexity index is 293. The minimum Gasteiger partial charge on any atom is -0.395 e. The molecule has 0 atom stereocenters. The van der Waals surface area contributed by atoms with E-state index in [1.54, 1.807) is 0 Å². The summed E-state index contributed by atoms with van der Waals surface area (Å²) in [4.78, 5) is 0. The number of aliphatic hydroxyl groups excluding tert-OH is 1. The van der Waals surface area contributed by atoms with Gasteiger partial charge in [-0.1, -0.05) is 51.8 Å². The molecule has 1 nitrogen and oxygen atoms in total. The number of hydrogen-bond donors (Lipinski definition) is 1. The normalized spacial score (nSPS) is 11.1. The maximum Gasteiger partial charge on any atom is 0.0534 e. The Hall–Kier alpha value is -0.820. The van der Waals surface area contributed by atoms with Crippen LogP contribution in [0.1, 0.15) is 50.3 Å². The van der Waals surface area contributed by atoms with Gasteiger partial charge in [-0.25, -0.2) is 0 Å². The van der Waals surface area contributed by atoms with Crippen LogP contribution in [0, 0.1) is 5.92 Å². The lowest BCUT2D eigenvalue weighted by atomic mass is 9.94. The molecule has 0 amide bonds. The first-order chi connectivity index (χ1) is 7.71. The van der Waals surface area contributed by atoms with Crippen molar-refractivity contribution < 1.29 is 5.11 Å². The topological polar surface area (TPSA) is 20.2 Å². The van der Waals surface area contributed by atoms with E-state index in [0.717, 1.165) is 18.8 Å². The van der Waals surface area contributed by atoms with E-state index in [9.17, 15) is 5.11 Å². The van der Waals surface area contributed by atoms with Gasteiger partial charge < -0.3 is 5.11 Å². The molecule has 16 heavy (non-hydrogen) atoms. The van der Waals surface area contributed by atoms with Crippen molar-refractivity contribution in [2.45, 2.75) is 46.5 Å². The molecule has 1 heteroatoms. The van der Waals surface area contributed by atoms with Gasteiger partial charge in [-0.2, -0.15) is 0 Å². The molecule has 0 aromatic heterocycles. The Balaban J connectivity index is 2.97. The van der Waals surface area contributed by atoms with Crippen LogP contribution < -0.4 is 0 Å². The fraction of sp³-hybridized carbons (Fsp3) is 0.533. The smallest absolute Gasteiger partial charge is 0.0534 e. The highest BCUT2D eigenvalue weighted by atomic mass is 16.3. The van der Waals surface area contributed by atoms with Crippen LogP contribution in [0.25, 0.3) is 0 Å². The molecular formula is C15H23O. The summed E-state index contributed by atoms with van der Waals surface area (Å²) in [6, 6.07) is 6.74. The first kappa shape index (κ1) is 13.2. The number of hydrogen-bond acceptors (Lipinski definition) is 1. The lowest BCUT2D eigenvalue weighted by molar-refractivity contribution is 0.315. The zero-order chi connectivity index (χ0) is 12.0. The zero-order valence-corrected chi connectivity index (χ0v) is 10.7. The molecule has 0 aliphatic rings. The van der Waals surface area contributed by atoms with Crippen LogP contribution in [0.5, 0.6) is 0 Å². The van der Waals surface area contributed by atoms with Crippen molar-refractivity contribution in [1.82, 2.24) is 0 Å². The predicted molar refractivity (Wildman–Crippen MR) is 69.5 cm³/mol. The van der Waals surface area contributed by atoms with E-state index in [2.05, 4.69) is 32.0 Å². The zero-order valence-electron chi connectivity index (χ0n) is 10.7. The van der Waals surface area contributed by atoms with Crippen LogP contribution in [-0.2, 0) is 12.8 Å². The summed E-state index contributed by atoms with van der Waals surface area (Å²) < 4.78 is 0. The van der Waals surface area contributed by atoms with Gasteiger partial charge in [0.05, 0.1) is 6.61 Å². The second kappa shape index (κ2) is 6.70. The largest absolute Gasteiger partial charge is 0.395 e. The van der Waals surface area contributed by atoms with Crippen molar-refractivity contribution in [1.29, 1.82) is 0 Å². The number of rotatable bonds is 6. The average molecular weight is 219 g/mol. The van der Waals surface area contributed by atoms with E-state index >= 15 is 0 Å². The van der Waals surface area contributed by atoms with Crippen LogP contribution in [0.2, 0.25) is 0 Å². The van der Waals surface area contributed by atoms with E-state index in [0.29, 0.717) is 0 Å². The number of benzene rings is 1. The van der Waals surface area contributed by atoms with Gasteiger partial charge in [-0.15, -0.1) is 0 Å². The Morgan fingerprint density at radius 3 is 1.88 bits per heavy atom. The van der Waals surface area contributed by atoms with Gasteiger partial charge in [0, 0.05) is 5.92 Å². The SMILES string of the molecule is CCCc1cc(CCC)cc([C](C)CO)c1. The molecule has 1 N–H and O–H groups in total. The third-order valence-corrected chi connectivity index (χ3v) is 2.86. The van der Waals surface area contributed by atoms with Crippen LogP contribution in [0.4, 0.5) is 0 Å². The standard InChI is InChI=1S/C15H23O/c1-4-6-13-8-14(7-5-2)10-15(9-13)12(3)11-16/h8-10,16H,4-7,11H2,1-3H3. The van der Waals surface area contributed by atoms with Gasteiger partial charge in [0.25, 0.3) is 0 Å². The minimum absolute atomic E-state index is 0.154. The molecule has 1 rings (SSSR count). The van der Waals surface area contributed by atoms with Gasteiger partial charge >= 0.3 is 0 Å². The summed E-state index contributed by atoms with van der Waals surface area (Å²) in [5.41, 5.74) is 4.00. The Kier molecular flexibility index (Phi) is 5.54. The maximum atomic E-state index is 9.19. The molecule has 1 aromatic rings. The molecule has 0 fully saturated rings. The fourth-order valence-corrected chi connectivity index (χ4v) is 1.97. The molecule has 0 unspecified atom stereocenters. The summed E-state index contributed by atoms with van der Waals surface area (Å²) in [6.45, 7) is 6.56. The van der Waals surface area contributed by atoms with E-state index in [1.165, 1.54) is 29.5 Å². The summed E-state index contributed by atoms with van der Waals surface area (Å²) >= 11 is 0. The van der Waals surface area contributed by atoms with Gasteiger partial charge in [-0.3, -0.25) is 0 Å². The molecule has 1 aromatic carbocycles. The molecule has 0 heterocycles. The van der Waals surface area contributed by atoms with Crippen LogP contribution in [0.15, 0.2) is 18.2 Å². The van der Waals surface area contributed by atoms with Crippen molar-refractivity contribution >= 4 is 0 Å². The van der Waals surface area contributed by atoms with Crippen molar-refractivity contribution in [2.75, 3.05) is 6.61 Å².